The summed E-state index contributed by atoms with van der Waals surface area (Å²) in [6.45, 7) is 8.30. The van der Waals surface area contributed by atoms with Gasteiger partial charge in [-0.2, -0.15) is 0 Å². The van der Waals surface area contributed by atoms with Gasteiger partial charge in [-0.05, 0) is 32.3 Å². The maximum atomic E-state index is 12.8. The van der Waals surface area contributed by atoms with E-state index in [1.807, 2.05) is 26.2 Å². The molecule has 0 radical (unpaired) electrons. The van der Waals surface area contributed by atoms with Gasteiger partial charge in [-0.3, -0.25) is 14.5 Å². The Bertz CT molecular complexity index is 851. The first kappa shape index (κ1) is 20.5. The summed E-state index contributed by atoms with van der Waals surface area (Å²) >= 11 is 1.62. The number of rotatable bonds is 6. The van der Waals surface area contributed by atoms with Gasteiger partial charge in [-0.1, -0.05) is 12.1 Å². The second kappa shape index (κ2) is 8.45. The predicted molar refractivity (Wildman–Crippen MR) is 108 cm³/mol. The smallest absolute Gasteiger partial charge is 0.253 e. The molecule has 3 heterocycles. The van der Waals surface area contributed by atoms with Crippen molar-refractivity contribution in [2.24, 2.45) is 0 Å². The number of fused-ring (bicyclic) bond motifs is 1. The van der Waals surface area contributed by atoms with Crippen molar-refractivity contribution in [1.29, 1.82) is 0 Å². The van der Waals surface area contributed by atoms with Crippen LogP contribution < -0.4 is 5.32 Å². The first-order valence-corrected chi connectivity index (χ1v) is 10.4. The van der Waals surface area contributed by atoms with E-state index in [0.717, 1.165) is 48.6 Å². The number of nitrogens with one attached hydrogen (secondary N) is 1. The molecule has 152 valence electrons. The first-order valence-electron chi connectivity index (χ1n) is 9.57. The first-order chi connectivity index (χ1) is 13.3. The highest BCUT2D eigenvalue weighted by atomic mass is 32.1. The third-order valence-electron chi connectivity index (χ3n) is 5.29. The molecule has 0 saturated heterocycles. The Morgan fingerprint density at radius 1 is 1.39 bits per heavy atom. The van der Waals surface area contributed by atoms with Crippen LogP contribution in [0.5, 0.6) is 0 Å². The maximum absolute atomic E-state index is 12.8. The van der Waals surface area contributed by atoms with E-state index in [1.54, 1.807) is 25.4 Å². The van der Waals surface area contributed by atoms with E-state index in [1.165, 1.54) is 9.78 Å². The summed E-state index contributed by atoms with van der Waals surface area (Å²) in [7, 11) is 3.41. The van der Waals surface area contributed by atoms with Crippen LogP contribution in [0.15, 0.2) is 9.90 Å². The van der Waals surface area contributed by atoms with Gasteiger partial charge in [-0.15, -0.1) is 11.3 Å². The molecule has 1 N–H and O–H groups in total. The van der Waals surface area contributed by atoms with Crippen LogP contribution in [0.3, 0.4) is 0 Å². The number of carbonyl (C=O) groups is 2. The largest absolute Gasteiger partial charge is 0.361 e. The van der Waals surface area contributed by atoms with Crippen molar-refractivity contribution in [2.45, 2.75) is 52.7 Å². The van der Waals surface area contributed by atoms with Crippen LogP contribution in [0.25, 0.3) is 0 Å². The third kappa shape index (κ3) is 4.12. The van der Waals surface area contributed by atoms with E-state index in [-0.39, 0.29) is 11.8 Å². The molecule has 0 fully saturated rings. The van der Waals surface area contributed by atoms with Gasteiger partial charge in [0.1, 0.15) is 11.8 Å². The molecule has 0 unspecified atom stereocenters. The van der Waals surface area contributed by atoms with Crippen molar-refractivity contribution in [3.8, 4) is 0 Å². The van der Waals surface area contributed by atoms with Crippen LogP contribution >= 0.6 is 11.3 Å². The monoisotopic (exact) mass is 404 g/mol. The van der Waals surface area contributed by atoms with Gasteiger partial charge >= 0.3 is 0 Å². The van der Waals surface area contributed by atoms with Crippen molar-refractivity contribution in [3.05, 3.63) is 38.4 Å². The standard InChI is InChI=1S/C20H28N4O3S/c1-6-17(20(26)23(4)5)21-19(25)16-11-28-18-10-24(8-7-14(16)18)9-15-12(2)22-27-13(15)3/h11,17H,6-10H2,1-5H3,(H,21,25)/t17-/m1/s1. The van der Waals surface area contributed by atoms with Gasteiger partial charge in [-0.25, -0.2) is 0 Å². The van der Waals surface area contributed by atoms with E-state index in [9.17, 15) is 9.59 Å². The maximum Gasteiger partial charge on any atom is 0.253 e. The molecule has 7 nitrogen and oxygen atoms in total. The van der Waals surface area contributed by atoms with Crippen LogP contribution in [0.4, 0.5) is 0 Å². The second-order valence-corrected chi connectivity index (χ2v) is 8.45. The zero-order chi connectivity index (χ0) is 20.4. The quantitative estimate of drug-likeness (QED) is 0.800. The number of aromatic nitrogens is 1. The molecule has 1 atom stereocenters. The van der Waals surface area contributed by atoms with Crippen LogP contribution in [0, 0.1) is 13.8 Å². The van der Waals surface area contributed by atoms with E-state index in [0.29, 0.717) is 12.0 Å². The van der Waals surface area contributed by atoms with Crippen molar-refractivity contribution in [1.82, 2.24) is 20.3 Å². The summed E-state index contributed by atoms with van der Waals surface area (Å²) in [5.74, 6) is 0.634. The third-order valence-corrected chi connectivity index (χ3v) is 6.30. The molecule has 1 aliphatic heterocycles. The Labute approximate surface area is 169 Å². The van der Waals surface area contributed by atoms with Crippen molar-refractivity contribution in [3.63, 3.8) is 0 Å². The fourth-order valence-electron chi connectivity index (χ4n) is 3.54. The van der Waals surface area contributed by atoms with Crippen molar-refractivity contribution in [2.75, 3.05) is 20.6 Å². The summed E-state index contributed by atoms with van der Waals surface area (Å²) < 4.78 is 5.27. The molecule has 2 aromatic heterocycles. The van der Waals surface area contributed by atoms with Gasteiger partial charge in [0.2, 0.25) is 5.91 Å². The van der Waals surface area contributed by atoms with E-state index in [4.69, 9.17) is 4.52 Å². The molecule has 3 rings (SSSR count). The second-order valence-electron chi connectivity index (χ2n) is 7.48. The van der Waals surface area contributed by atoms with Crippen LogP contribution in [0.1, 0.15) is 51.2 Å². The van der Waals surface area contributed by atoms with Crippen molar-refractivity contribution >= 4 is 23.2 Å². The summed E-state index contributed by atoms with van der Waals surface area (Å²) in [4.78, 5) is 30.1. The number of carbonyl (C=O) groups excluding carboxylic acids is 2. The summed E-state index contributed by atoms with van der Waals surface area (Å²) in [6, 6.07) is -0.488. The van der Waals surface area contributed by atoms with Crippen molar-refractivity contribution < 1.29 is 14.1 Å². The minimum absolute atomic E-state index is 0.0782. The minimum atomic E-state index is -0.488. The van der Waals surface area contributed by atoms with Crippen LogP contribution in [-0.2, 0) is 24.3 Å². The lowest BCUT2D eigenvalue weighted by molar-refractivity contribution is -0.130. The lowest BCUT2D eigenvalue weighted by atomic mass is 10.0. The van der Waals surface area contributed by atoms with Gasteiger partial charge in [0.05, 0.1) is 11.3 Å². The summed E-state index contributed by atoms with van der Waals surface area (Å²) in [6.07, 6.45) is 1.39. The molecular weight excluding hydrogens is 376 g/mol. The SMILES string of the molecule is CC[C@@H](NC(=O)c1csc2c1CCN(Cc1c(C)noc1C)C2)C(=O)N(C)C. The van der Waals surface area contributed by atoms with Crippen LogP contribution in [-0.4, -0.2) is 53.5 Å². The Hall–Kier alpha value is -2.19. The summed E-state index contributed by atoms with van der Waals surface area (Å²) in [5, 5.41) is 8.86. The van der Waals surface area contributed by atoms with E-state index >= 15 is 0 Å². The highest BCUT2D eigenvalue weighted by Crippen LogP contribution is 2.30. The molecule has 0 aromatic carbocycles. The number of nitrogens with zero attached hydrogens (tertiary/aromatic N) is 3. The fraction of sp³-hybridized carbons (Fsp3) is 0.550. The molecule has 0 saturated carbocycles. The Balaban J connectivity index is 1.69. The Morgan fingerprint density at radius 2 is 2.14 bits per heavy atom. The normalized spacial score (nSPS) is 15.2. The average molecular weight is 405 g/mol. The number of thiophene rings is 1. The number of hydrogen-bond donors (Lipinski definition) is 1. The molecule has 2 amide bonds. The van der Waals surface area contributed by atoms with Gasteiger partial charge in [0.25, 0.3) is 5.91 Å². The highest BCUT2D eigenvalue weighted by Gasteiger charge is 2.27. The Morgan fingerprint density at radius 3 is 2.75 bits per heavy atom. The molecule has 2 aromatic rings. The van der Waals surface area contributed by atoms with Gasteiger partial charge < -0.3 is 14.7 Å². The molecule has 0 spiro atoms. The fourth-order valence-corrected chi connectivity index (χ4v) is 4.67. The molecule has 28 heavy (non-hydrogen) atoms. The summed E-state index contributed by atoms with van der Waals surface area (Å²) in [5.41, 5.74) is 3.91. The molecular formula is C20H28N4O3S. The molecule has 0 bridgehead atoms. The molecule has 8 heteroatoms. The topological polar surface area (TPSA) is 78.7 Å². The van der Waals surface area contributed by atoms with Gasteiger partial charge in [0, 0.05) is 49.6 Å². The number of aryl methyl sites for hydroxylation is 2. The number of likely N-dealkylation sites (N-methyl/N-ethyl adjacent to an activating group) is 1. The number of amides is 2. The lowest BCUT2D eigenvalue weighted by Crippen LogP contribution is -2.46. The van der Waals surface area contributed by atoms with Crippen LogP contribution in [0.2, 0.25) is 0 Å². The molecule has 1 aliphatic rings. The average Bonchev–Trinajstić information content (AvgIpc) is 3.23. The Kier molecular flexibility index (Phi) is 6.20. The molecule has 0 aliphatic carbocycles. The van der Waals surface area contributed by atoms with E-state index in [2.05, 4.69) is 15.4 Å². The highest BCUT2D eigenvalue weighted by molar-refractivity contribution is 7.10. The lowest BCUT2D eigenvalue weighted by Gasteiger charge is -2.27. The predicted octanol–water partition coefficient (Wildman–Crippen LogP) is 2.51. The number of hydrogen-bond acceptors (Lipinski definition) is 6. The minimum Gasteiger partial charge on any atom is -0.361 e. The van der Waals surface area contributed by atoms with Gasteiger partial charge in [0.15, 0.2) is 0 Å². The zero-order valence-electron chi connectivity index (χ0n) is 17.2. The van der Waals surface area contributed by atoms with E-state index < -0.39 is 6.04 Å². The zero-order valence-corrected chi connectivity index (χ0v) is 18.0.